The fourth-order valence-corrected chi connectivity index (χ4v) is 2.68. The fraction of sp³-hybridized carbons (Fsp3) is 0.462. The zero-order chi connectivity index (χ0) is 12.6. The number of nitrogens with zero attached hydrogens (tertiary/aromatic N) is 1. The molecule has 1 saturated heterocycles. The molecule has 0 N–H and O–H groups in total. The number of ether oxygens (including phenoxy) is 1. The zero-order valence-corrected chi connectivity index (χ0v) is 11.0. The predicted octanol–water partition coefficient (Wildman–Crippen LogP) is 2.45. The number of likely N-dealkylation sites (tertiary alicyclic amines) is 1. The Balaban J connectivity index is 2.48. The van der Waals surface area contributed by atoms with Crippen LogP contribution in [0.25, 0.3) is 0 Å². The smallest absolute Gasteiger partial charge is 0.253 e. The minimum absolute atomic E-state index is 0.0421. The predicted molar refractivity (Wildman–Crippen MR) is 67.5 cm³/mol. The molecule has 17 heavy (non-hydrogen) atoms. The molecule has 92 valence electrons. The van der Waals surface area contributed by atoms with Crippen LogP contribution < -0.4 is 0 Å². The number of carbonyl (C=O) groups excluding carboxylic acids is 1. The number of methoxy groups -OCH3 is 1. The van der Waals surface area contributed by atoms with Crippen molar-refractivity contribution >= 4 is 17.5 Å². The highest BCUT2D eigenvalue weighted by Gasteiger charge is 2.46. The van der Waals surface area contributed by atoms with Crippen LogP contribution in [0, 0.1) is 5.41 Å². The first-order chi connectivity index (χ1) is 8.00. The van der Waals surface area contributed by atoms with E-state index < -0.39 is 0 Å². The van der Waals surface area contributed by atoms with E-state index >= 15 is 0 Å². The minimum atomic E-state index is -0.273. The molecule has 2 rings (SSSR count). The lowest BCUT2D eigenvalue weighted by Crippen LogP contribution is -2.25. The highest BCUT2D eigenvalue weighted by atomic mass is 35.5. The molecular weight excluding hydrogens is 238 g/mol. The summed E-state index contributed by atoms with van der Waals surface area (Å²) in [5.74, 6) is 0.732. The lowest BCUT2D eigenvalue weighted by molar-refractivity contribution is -0.123. The molecule has 0 aromatic heterocycles. The van der Waals surface area contributed by atoms with Crippen molar-refractivity contribution in [3.63, 3.8) is 0 Å². The van der Waals surface area contributed by atoms with Gasteiger partial charge in [0.05, 0.1) is 12.7 Å². The third-order valence-electron chi connectivity index (χ3n) is 3.46. The molecule has 1 heterocycles. The van der Waals surface area contributed by atoms with Gasteiger partial charge in [0.15, 0.2) is 0 Å². The molecule has 1 fully saturated rings. The van der Waals surface area contributed by atoms with Gasteiger partial charge in [-0.3, -0.25) is 4.79 Å². The first-order valence-corrected chi connectivity index (χ1v) is 5.94. The number of allylic oxidation sites excluding steroid dienone is 4. The number of amides is 1. The summed E-state index contributed by atoms with van der Waals surface area (Å²) < 4.78 is 5.25. The Morgan fingerprint density at radius 1 is 1.59 bits per heavy atom. The van der Waals surface area contributed by atoms with Gasteiger partial charge in [-0.1, -0.05) is 23.8 Å². The molecule has 3 nitrogen and oxygen atoms in total. The van der Waals surface area contributed by atoms with E-state index in [1.807, 2.05) is 32.2 Å². The highest BCUT2D eigenvalue weighted by Crippen LogP contribution is 2.45. The lowest BCUT2D eigenvalue weighted by Gasteiger charge is -2.27. The maximum absolute atomic E-state index is 12.2. The molecular formula is C13H16ClNO2. The Morgan fingerprint density at radius 2 is 2.29 bits per heavy atom. The molecule has 0 bridgehead atoms. The van der Waals surface area contributed by atoms with E-state index in [1.54, 1.807) is 12.0 Å². The summed E-state index contributed by atoms with van der Waals surface area (Å²) in [4.78, 5) is 13.9. The largest absolute Gasteiger partial charge is 0.501 e. The van der Waals surface area contributed by atoms with E-state index in [9.17, 15) is 4.79 Å². The van der Waals surface area contributed by atoms with Gasteiger partial charge in [0.1, 0.15) is 5.76 Å². The van der Waals surface area contributed by atoms with Crippen LogP contribution in [-0.2, 0) is 9.53 Å². The van der Waals surface area contributed by atoms with Gasteiger partial charge in [-0.25, -0.2) is 0 Å². The van der Waals surface area contributed by atoms with E-state index in [1.165, 1.54) is 0 Å². The van der Waals surface area contributed by atoms with Crippen LogP contribution >= 0.6 is 11.6 Å². The van der Waals surface area contributed by atoms with Crippen molar-refractivity contribution in [2.45, 2.75) is 13.3 Å². The van der Waals surface area contributed by atoms with Gasteiger partial charge in [0, 0.05) is 24.0 Å². The number of rotatable bonds is 1. The Bertz CT molecular complexity index is 450. The SMILES string of the molecule is CO/C(C)=C1/C(=O)N(C)C[C@]12C=CC(Cl)=CC2. The van der Waals surface area contributed by atoms with Crippen LogP contribution in [0.3, 0.4) is 0 Å². The monoisotopic (exact) mass is 253 g/mol. The molecule has 4 heteroatoms. The average Bonchev–Trinajstić information content (AvgIpc) is 2.55. The van der Waals surface area contributed by atoms with E-state index in [2.05, 4.69) is 0 Å². The van der Waals surface area contributed by atoms with Crippen molar-refractivity contribution in [1.29, 1.82) is 0 Å². The van der Waals surface area contributed by atoms with Crippen LogP contribution in [0.15, 0.2) is 34.6 Å². The van der Waals surface area contributed by atoms with E-state index in [0.717, 1.165) is 17.0 Å². The molecule has 0 radical (unpaired) electrons. The average molecular weight is 254 g/mol. The molecule has 2 aliphatic rings. The van der Waals surface area contributed by atoms with E-state index in [0.29, 0.717) is 12.3 Å². The highest BCUT2D eigenvalue weighted by molar-refractivity contribution is 6.31. The molecule has 1 amide bonds. The maximum atomic E-state index is 12.2. The van der Waals surface area contributed by atoms with Crippen molar-refractivity contribution in [3.8, 4) is 0 Å². The number of hydrogen-bond acceptors (Lipinski definition) is 2. The topological polar surface area (TPSA) is 29.5 Å². The number of hydrogen-bond donors (Lipinski definition) is 0. The molecule has 1 atom stereocenters. The van der Waals surface area contributed by atoms with Crippen molar-refractivity contribution < 1.29 is 9.53 Å². The number of carbonyl (C=O) groups is 1. The molecule has 1 spiro atoms. The normalized spacial score (nSPS) is 30.9. The van der Waals surface area contributed by atoms with Gasteiger partial charge in [0.25, 0.3) is 5.91 Å². The molecule has 0 aromatic carbocycles. The molecule has 1 aliphatic carbocycles. The van der Waals surface area contributed by atoms with Crippen molar-refractivity contribution in [2.24, 2.45) is 5.41 Å². The summed E-state index contributed by atoms with van der Waals surface area (Å²) in [6.45, 7) is 2.51. The van der Waals surface area contributed by atoms with Gasteiger partial charge in [-0.15, -0.1) is 0 Å². The Kier molecular flexibility index (Phi) is 3.04. The lowest BCUT2D eigenvalue weighted by atomic mass is 9.76. The Labute approximate surface area is 106 Å². The number of halogens is 1. The summed E-state index contributed by atoms with van der Waals surface area (Å²) in [7, 11) is 3.41. The maximum Gasteiger partial charge on any atom is 0.253 e. The van der Waals surface area contributed by atoms with Gasteiger partial charge in [0.2, 0.25) is 0 Å². The van der Waals surface area contributed by atoms with E-state index in [4.69, 9.17) is 16.3 Å². The first kappa shape index (κ1) is 12.2. The summed E-state index contributed by atoms with van der Waals surface area (Å²) >= 11 is 5.94. The van der Waals surface area contributed by atoms with Crippen molar-refractivity contribution in [3.05, 3.63) is 34.6 Å². The summed E-state index contributed by atoms with van der Waals surface area (Å²) in [6, 6.07) is 0. The summed E-state index contributed by atoms with van der Waals surface area (Å²) in [6.07, 6.45) is 6.58. The second-order valence-corrected chi connectivity index (χ2v) is 5.02. The third kappa shape index (κ3) is 1.89. The first-order valence-electron chi connectivity index (χ1n) is 5.56. The van der Waals surface area contributed by atoms with Gasteiger partial charge < -0.3 is 9.64 Å². The standard InChI is InChI=1S/C13H16ClNO2/c1-9(17-3)11-12(16)15(2)8-13(11)6-4-10(14)5-7-13/h4-6H,7-8H2,1-3H3/b11-9-/t13-/m1/s1. The van der Waals surface area contributed by atoms with Crippen LogP contribution in [0.2, 0.25) is 0 Å². The molecule has 0 saturated carbocycles. The second kappa shape index (κ2) is 4.22. The fourth-order valence-electron chi connectivity index (χ4n) is 2.54. The summed E-state index contributed by atoms with van der Waals surface area (Å²) in [5, 5.41) is 0.729. The van der Waals surface area contributed by atoms with Gasteiger partial charge in [-0.2, -0.15) is 0 Å². The van der Waals surface area contributed by atoms with Gasteiger partial charge >= 0.3 is 0 Å². The van der Waals surface area contributed by atoms with Crippen LogP contribution in [0.5, 0.6) is 0 Å². The van der Waals surface area contributed by atoms with Gasteiger partial charge in [-0.05, 0) is 19.4 Å². The Hall–Kier alpha value is -1.22. The van der Waals surface area contributed by atoms with Crippen LogP contribution in [-0.4, -0.2) is 31.5 Å². The molecule has 0 aromatic rings. The van der Waals surface area contributed by atoms with Crippen molar-refractivity contribution in [2.75, 3.05) is 20.7 Å². The molecule has 1 aliphatic heterocycles. The number of likely N-dealkylation sites (N-methyl/N-ethyl adjacent to an activating group) is 1. The summed E-state index contributed by atoms with van der Waals surface area (Å²) in [5.41, 5.74) is 0.476. The quantitative estimate of drug-likeness (QED) is 0.531. The van der Waals surface area contributed by atoms with Crippen LogP contribution in [0.1, 0.15) is 13.3 Å². The zero-order valence-electron chi connectivity index (χ0n) is 10.3. The van der Waals surface area contributed by atoms with Crippen molar-refractivity contribution in [1.82, 2.24) is 4.90 Å². The van der Waals surface area contributed by atoms with E-state index in [-0.39, 0.29) is 11.3 Å². The molecule has 0 unspecified atom stereocenters. The Morgan fingerprint density at radius 3 is 2.82 bits per heavy atom. The van der Waals surface area contributed by atoms with Crippen LogP contribution in [0.4, 0.5) is 0 Å². The second-order valence-electron chi connectivity index (χ2n) is 4.58. The minimum Gasteiger partial charge on any atom is -0.501 e. The third-order valence-corrected chi connectivity index (χ3v) is 3.74.